The molecule has 0 atom stereocenters. The van der Waals surface area contributed by atoms with E-state index in [4.69, 9.17) is 5.73 Å². The number of nitrogens with two attached hydrogens (primary N) is 1. The highest BCUT2D eigenvalue weighted by atomic mass is 14.5. The van der Waals surface area contributed by atoms with Crippen molar-refractivity contribution in [3.8, 4) is 0 Å². The molecule has 0 heterocycles. The largest absolute Gasteiger partial charge is 0.330 e. The van der Waals surface area contributed by atoms with Crippen molar-refractivity contribution in [3.63, 3.8) is 0 Å². The summed E-state index contributed by atoms with van der Waals surface area (Å²) in [5, 5.41) is 0. The Morgan fingerprint density at radius 1 is 0.632 bits per heavy atom. The third kappa shape index (κ3) is 17.4. The van der Waals surface area contributed by atoms with Crippen molar-refractivity contribution in [3.05, 3.63) is 24.3 Å². The van der Waals surface area contributed by atoms with Crippen molar-refractivity contribution in [2.24, 2.45) is 5.73 Å². The molecule has 0 aliphatic rings. The van der Waals surface area contributed by atoms with E-state index in [1.54, 1.807) is 0 Å². The van der Waals surface area contributed by atoms with Gasteiger partial charge < -0.3 is 5.73 Å². The van der Waals surface area contributed by atoms with Gasteiger partial charge in [0.15, 0.2) is 0 Å². The molecule has 0 aromatic heterocycles. The third-order valence-electron chi connectivity index (χ3n) is 3.40. The summed E-state index contributed by atoms with van der Waals surface area (Å²) >= 11 is 0. The van der Waals surface area contributed by atoms with Crippen molar-refractivity contribution in [2.75, 3.05) is 6.54 Å². The third-order valence-corrected chi connectivity index (χ3v) is 3.40. The molecule has 0 saturated heterocycles. The van der Waals surface area contributed by atoms with Gasteiger partial charge >= 0.3 is 0 Å². The summed E-state index contributed by atoms with van der Waals surface area (Å²) in [6.07, 6.45) is 24.9. The van der Waals surface area contributed by atoms with Crippen molar-refractivity contribution < 1.29 is 0 Å². The second kappa shape index (κ2) is 17.4. The lowest BCUT2D eigenvalue weighted by Gasteiger charge is -1.98. The van der Waals surface area contributed by atoms with Crippen LogP contribution in [0.2, 0.25) is 0 Å². The van der Waals surface area contributed by atoms with Crippen LogP contribution in [0.3, 0.4) is 0 Å². The molecule has 0 fully saturated rings. The zero-order chi connectivity index (χ0) is 14.0. The first kappa shape index (κ1) is 18.4. The average molecular weight is 265 g/mol. The lowest BCUT2D eigenvalue weighted by Crippen LogP contribution is -1.97. The van der Waals surface area contributed by atoms with Gasteiger partial charge in [0, 0.05) is 0 Å². The van der Waals surface area contributed by atoms with Crippen LogP contribution in [-0.4, -0.2) is 6.54 Å². The summed E-state index contributed by atoms with van der Waals surface area (Å²) in [7, 11) is 0. The van der Waals surface area contributed by atoms with Gasteiger partial charge in [0.25, 0.3) is 0 Å². The van der Waals surface area contributed by atoms with Gasteiger partial charge in [-0.1, -0.05) is 69.8 Å². The lowest BCUT2D eigenvalue weighted by molar-refractivity contribution is 0.600. The number of hydrogen-bond acceptors (Lipinski definition) is 1. The Bertz CT molecular complexity index is 206. The molecule has 112 valence electrons. The zero-order valence-electron chi connectivity index (χ0n) is 13.1. The minimum Gasteiger partial charge on any atom is -0.330 e. The monoisotopic (exact) mass is 265 g/mol. The van der Waals surface area contributed by atoms with Crippen LogP contribution in [0.1, 0.15) is 84.0 Å². The normalized spacial score (nSPS) is 11.9. The molecule has 0 aliphatic heterocycles. The number of rotatable bonds is 14. The van der Waals surface area contributed by atoms with Gasteiger partial charge in [-0.3, -0.25) is 0 Å². The van der Waals surface area contributed by atoms with Crippen LogP contribution in [0.4, 0.5) is 0 Å². The first-order valence-corrected chi connectivity index (χ1v) is 8.42. The quantitative estimate of drug-likeness (QED) is 0.314. The topological polar surface area (TPSA) is 26.0 Å². The van der Waals surface area contributed by atoms with E-state index in [0.717, 1.165) is 13.0 Å². The van der Waals surface area contributed by atoms with Gasteiger partial charge in [-0.2, -0.15) is 0 Å². The summed E-state index contributed by atoms with van der Waals surface area (Å²) in [6.45, 7) is 3.11. The molecule has 1 nitrogen and oxygen atoms in total. The summed E-state index contributed by atoms with van der Waals surface area (Å²) in [5.74, 6) is 0. The average Bonchev–Trinajstić information content (AvgIpc) is 2.43. The smallest absolute Gasteiger partial charge is 0.00773 e. The Hall–Kier alpha value is -0.560. The van der Waals surface area contributed by atoms with Gasteiger partial charge in [0.05, 0.1) is 0 Å². The number of unbranched alkanes of at least 4 members (excludes halogenated alkanes) is 9. The molecule has 0 aliphatic carbocycles. The highest BCUT2D eigenvalue weighted by molar-refractivity contribution is 4.92. The standard InChI is InChI=1S/C18H35N/c1-2-3-4-5-6-7-8-9-10-11-12-13-14-15-16-17-18-19/h6-7,9-10H,2-5,8,11-19H2,1H3/b7-6+,10-9+. The SMILES string of the molecule is CCCCC/C=C/C/C=C/CCCCCCCCN. The molecule has 0 radical (unpaired) electrons. The fourth-order valence-corrected chi connectivity index (χ4v) is 2.13. The predicted molar refractivity (Wildman–Crippen MR) is 88.4 cm³/mol. The van der Waals surface area contributed by atoms with Gasteiger partial charge in [-0.15, -0.1) is 0 Å². The number of hydrogen-bond donors (Lipinski definition) is 1. The maximum atomic E-state index is 5.47. The summed E-state index contributed by atoms with van der Waals surface area (Å²) < 4.78 is 0. The Labute approximate surface area is 121 Å². The van der Waals surface area contributed by atoms with Crippen molar-refractivity contribution in [1.82, 2.24) is 0 Å². The van der Waals surface area contributed by atoms with Gasteiger partial charge in [0.1, 0.15) is 0 Å². The Kier molecular flexibility index (Phi) is 16.9. The molecule has 2 N–H and O–H groups in total. The van der Waals surface area contributed by atoms with Crippen LogP contribution in [0.25, 0.3) is 0 Å². The second-order valence-electron chi connectivity index (χ2n) is 5.37. The van der Waals surface area contributed by atoms with Crippen molar-refractivity contribution in [2.45, 2.75) is 84.0 Å². The van der Waals surface area contributed by atoms with Crippen molar-refractivity contribution in [1.29, 1.82) is 0 Å². The van der Waals surface area contributed by atoms with Crippen molar-refractivity contribution >= 4 is 0 Å². The highest BCUT2D eigenvalue weighted by Gasteiger charge is 1.89. The van der Waals surface area contributed by atoms with E-state index in [9.17, 15) is 0 Å². The van der Waals surface area contributed by atoms with Crippen LogP contribution >= 0.6 is 0 Å². The first-order chi connectivity index (χ1) is 9.41. The Morgan fingerprint density at radius 2 is 1.16 bits per heavy atom. The second-order valence-corrected chi connectivity index (χ2v) is 5.37. The molecule has 0 spiro atoms. The molecular weight excluding hydrogens is 230 g/mol. The fourth-order valence-electron chi connectivity index (χ4n) is 2.13. The highest BCUT2D eigenvalue weighted by Crippen LogP contribution is 2.07. The molecule has 0 aromatic carbocycles. The summed E-state index contributed by atoms with van der Waals surface area (Å²) in [6, 6.07) is 0. The minimum absolute atomic E-state index is 0.856. The Morgan fingerprint density at radius 3 is 1.74 bits per heavy atom. The summed E-state index contributed by atoms with van der Waals surface area (Å²) in [5.41, 5.74) is 5.47. The molecule has 0 bridgehead atoms. The van der Waals surface area contributed by atoms with Gasteiger partial charge in [-0.25, -0.2) is 0 Å². The van der Waals surface area contributed by atoms with Crippen LogP contribution in [0.5, 0.6) is 0 Å². The number of allylic oxidation sites excluding steroid dienone is 4. The molecule has 1 heteroatoms. The lowest BCUT2D eigenvalue weighted by atomic mass is 10.1. The van der Waals surface area contributed by atoms with E-state index < -0.39 is 0 Å². The Balaban J connectivity index is 3.12. The fraction of sp³-hybridized carbons (Fsp3) is 0.778. The predicted octanol–water partition coefficient (Wildman–Crippen LogP) is 5.76. The molecule has 19 heavy (non-hydrogen) atoms. The van der Waals surface area contributed by atoms with Crippen LogP contribution in [0.15, 0.2) is 24.3 Å². The zero-order valence-corrected chi connectivity index (χ0v) is 13.1. The van der Waals surface area contributed by atoms with E-state index >= 15 is 0 Å². The van der Waals surface area contributed by atoms with E-state index in [0.29, 0.717) is 0 Å². The van der Waals surface area contributed by atoms with E-state index in [-0.39, 0.29) is 0 Å². The van der Waals surface area contributed by atoms with E-state index in [1.165, 1.54) is 70.6 Å². The van der Waals surface area contributed by atoms with Crippen LogP contribution in [0, 0.1) is 0 Å². The molecule has 0 rings (SSSR count). The van der Waals surface area contributed by atoms with E-state index in [2.05, 4.69) is 31.2 Å². The maximum Gasteiger partial charge on any atom is -0.00773 e. The molecule has 0 unspecified atom stereocenters. The summed E-state index contributed by atoms with van der Waals surface area (Å²) in [4.78, 5) is 0. The molecule has 0 saturated carbocycles. The van der Waals surface area contributed by atoms with Crippen LogP contribution in [-0.2, 0) is 0 Å². The molecule has 0 amide bonds. The molecule has 0 aromatic rings. The molecular formula is C18H35N. The first-order valence-electron chi connectivity index (χ1n) is 8.42. The van der Waals surface area contributed by atoms with Gasteiger partial charge in [0.2, 0.25) is 0 Å². The van der Waals surface area contributed by atoms with Crippen LogP contribution < -0.4 is 5.73 Å². The minimum atomic E-state index is 0.856. The van der Waals surface area contributed by atoms with E-state index in [1.807, 2.05) is 0 Å². The van der Waals surface area contributed by atoms with Gasteiger partial charge in [-0.05, 0) is 45.1 Å². The maximum absolute atomic E-state index is 5.47.